The molecule has 0 unspecified atom stereocenters. The molecule has 0 N–H and O–H groups in total. The van der Waals surface area contributed by atoms with Crippen LogP contribution in [0.4, 0.5) is 11.4 Å². The number of benzene rings is 1. The molecular weight excluding hydrogens is 344 g/mol. The summed E-state index contributed by atoms with van der Waals surface area (Å²) in [4.78, 5) is 18.2. The second-order valence-corrected chi connectivity index (χ2v) is 6.87. The van der Waals surface area contributed by atoms with Gasteiger partial charge in [0.25, 0.3) is 0 Å². The second-order valence-electron chi connectivity index (χ2n) is 6.87. The van der Waals surface area contributed by atoms with Gasteiger partial charge >= 0.3 is 0 Å². The Kier molecular flexibility index (Phi) is 6.43. The van der Waals surface area contributed by atoms with Crippen LogP contribution in [0.25, 0.3) is 0 Å². The molecule has 0 radical (unpaired) electrons. The normalized spacial score (nSPS) is 11.6. The molecule has 0 fully saturated rings. The maximum atomic E-state index is 4.76. The van der Waals surface area contributed by atoms with Crippen LogP contribution in [-0.4, -0.2) is 22.4 Å². The van der Waals surface area contributed by atoms with Gasteiger partial charge in [-0.2, -0.15) is 0 Å². The van der Waals surface area contributed by atoms with Gasteiger partial charge in [0.05, 0.1) is 11.4 Å². The van der Waals surface area contributed by atoms with E-state index in [-0.39, 0.29) is 0 Å². The summed E-state index contributed by atoms with van der Waals surface area (Å²) in [7, 11) is 0. The molecule has 0 spiro atoms. The zero-order valence-electron chi connectivity index (χ0n) is 17.0. The average Bonchev–Trinajstić information content (AvgIpc) is 2.73. The van der Waals surface area contributed by atoms with Gasteiger partial charge in [-0.25, -0.2) is 0 Å². The highest BCUT2D eigenvalue weighted by molar-refractivity contribution is 5.77. The SMILES string of the molecule is Cc1c(C)c(N=CCc2ccccn2)c(C)c(C)c1N=CCc1ccccn1. The van der Waals surface area contributed by atoms with E-state index in [0.29, 0.717) is 0 Å². The molecule has 0 aliphatic heterocycles. The van der Waals surface area contributed by atoms with Crippen molar-refractivity contribution in [3.05, 3.63) is 82.4 Å². The molecule has 142 valence electrons. The van der Waals surface area contributed by atoms with Gasteiger partial charge < -0.3 is 0 Å². The maximum absolute atomic E-state index is 4.76. The van der Waals surface area contributed by atoms with Crippen LogP contribution >= 0.6 is 0 Å². The molecule has 4 heteroatoms. The quantitative estimate of drug-likeness (QED) is 0.530. The van der Waals surface area contributed by atoms with Crippen molar-refractivity contribution in [1.82, 2.24) is 9.97 Å². The lowest BCUT2D eigenvalue weighted by molar-refractivity contribution is 1.14. The molecular formula is C24H26N4. The van der Waals surface area contributed by atoms with E-state index in [1.165, 1.54) is 22.3 Å². The van der Waals surface area contributed by atoms with Gasteiger partial charge in [-0.1, -0.05) is 12.1 Å². The molecule has 2 heterocycles. The number of hydrogen-bond acceptors (Lipinski definition) is 4. The molecule has 3 aromatic rings. The van der Waals surface area contributed by atoms with Crippen LogP contribution < -0.4 is 0 Å². The summed E-state index contributed by atoms with van der Waals surface area (Å²) in [6, 6.07) is 11.9. The van der Waals surface area contributed by atoms with Crippen LogP contribution in [0.2, 0.25) is 0 Å². The first-order valence-electron chi connectivity index (χ1n) is 9.53. The van der Waals surface area contributed by atoms with Crippen molar-refractivity contribution in [1.29, 1.82) is 0 Å². The van der Waals surface area contributed by atoms with Crippen LogP contribution in [0.5, 0.6) is 0 Å². The van der Waals surface area contributed by atoms with E-state index >= 15 is 0 Å². The topological polar surface area (TPSA) is 50.5 Å². The van der Waals surface area contributed by atoms with E-state index in [0.717, 1.165) is 35.6 Å². The Bertz CT molecular complexity index is 879. The Morgan fingerprint density at radius 1 is 0.643 bits per heavy atom. The smallest absolute Gasteiger partial charge is 0.0690 e. The molecule has 3 rings (SSSR count). The van der Waals surface area contributed by atoms with Gasteiger partial charge in [-0.05, 0) is 74.2 Å². The summed E-state index contributed by atoms with van der Waals surface area (Å²) in [5, 5.41) is 0. The van der Waals surface area contributed by atoms with Crippen molar-refractivity contribution < 1.29 is 0 Å². The summed E-state index contributed by atoms with van der Waals surface area (Å²) >= 11 is 0. The van der Waals surface area contributed by atoms with Crippen LogP contribution in [0, 0.1) is 27.7 Å². The first-order chi connectivity index (χ1) is 13.6. The minimum atomic E-state index is 0.724. The number of nitrogens with zero attached hydrogens (tertiary/aromatic N) is 4. The maximum Gasteiger partial charge on any atom is 0.0690 e. The number of aromatic nitrogens is 2. The first kappa shape index (κ1) is 19.6. The number of pyridine rings is 2. The van der Waals surface area contributed by atoms with E-state index < -0.39 is 0 Å². The second kappa shape index (κ2) is 9.18. The molecule has 1 aromatic carbocycles. The van der Waals surface area contributed by atoms with Crippen LogP contribution in [0.15, 0.2) is 58.8 Å². The Morgan fingerprint density at radius 2 is 1.04 bits per heavy atom. The summed E-state index contributed by atoms with van der Waals surface area (Å²) in [5.74, 6) is 0. The fourth-order valence-corrected chi connectivity index (χ4v) is 3.16. The highest BCUT2D eigenvalue weighted by Crippen LogP contribution is 2.37. The Morgan fingerprint density at radius 3 is 1.36 bits per heavy atom. The highest BCUT2D eigenvalue weighted by atomic mass is 14.8. The molecule has 4 nitrogen and oxygen atoms in total. The third-order valence-corrected chi connectivity index (χ3v) is 5.04. The van der Waals surface area contributed by atoms with E-state index in [9.17, 15) is 0 Å². The Labute approximate surface area is 167 Å². The third kappa shape index (κ3) is 4.58. The molecule has 2 aromatic heterocycles. The molecule has 0 aliphatic carbocycles. The molecule has 0 aliphatic rings. The standard InChI is InChI=1S/C24H26N4/c1-17-18(2)24(28-16-12-22-10-6-8-14-26-22)20(4)19(3)23(17)27-15-11-21-9-5-7-13-25-21/h5-10,13-16H,11-12H2,1-4H3. The fraction of sp³-hybridized carbons (Fsp3) is 0.250. The van der Waals surface area contributed by atoms with Gasteiger partial charge in [0, 0.05) is 49.1 Å². The predicted molar refractivity (Wildman–Crippen MR) is 118 cm³/mol. The lowest BCUT2D eigenvalue weighted by Gasteiger charge is -2.15. The zero-order chi connectivity index (χ0) is 19.9. The summed E-state index contributed by atoms with van der Waals surface area (Å²) < 4.78 is 0. The van der Waals surface area contributed by atoms with Crippen molar-refractivity contribution in [3.8, 4) is 0 Å². The van der Waals surface area contributed by atoms with Crippen molar-refractivity contribution in [3.63, 3.8) is 0 Å². The van der Waals surface area contributed by atoms with E-state index in [2.05, 4.69) is 37.7 Å². The van der Waals surface area contributed by atoms with Crippen LogP contribution in [0.1, 0.15) is 33.6 Å². The largest absolute Gasteiger partial charge is 0.261 e. The third-order valence-electron chi connectivity index (χ3n) is 5.04. The van der Waals surface area contributed by atoms with Gasteiger partial charge in [0.15, 0.2) is 0 Å². The fourth-order valence-electron chi connectivity index (χ4n) is 3.16. The van der Waals surface area contributed by atoms with Crippen molar-refractivity contribution in [2.45, 2.75) is 40.5 Å². The van der Waals surface area contributed by atoms with E-state index in [4.69, 9.17) is 9.98 Å². The molecule has 0 bridgehead atoms. The van der Waals surface area contributed by atoms with Crippen LogP contribution in [0.3, 0.4) is 0 Å². The average molecular weight is 371 g/mol. The Hall–Kier alpha value is -3.14. The van der Waals surface area contributed by atoms with Gasteiger partial charge in [-0.3, -0.25) is 20.0 Å². The van der Waals surface area contributed by atoms with Crippen molar-refractivity contribution >= 4 is 23.8 Å². The van der Waals surface area contributed by atoms with Gasteiger partial charge in [-0.15, -0.1) is 0 Å². The number of aliphatic imine (C=N–C) groups is 2. The van der Waals surface area contributed by atoms with Gasteiger partial charge in [0.2, 0.25) is 0 Å². The molecule has 0 saturated heterocycles. The molecule has 0 saturated carbocycles. The lowest BCUT2D eigenvalue weighted by atomic mass is 9.96. The predicted octanol–water partition coefficient (Wildman–Crippen LogP) is 5.60. The minimum Gasteiger partial charge on any atom is -0.261 e. The summed E-state index contributed by atoms with van der Waals surface area (Å²) in [5.41, 5.74) is 8.80. The Balaban J connectivity index is 1.82. The zero-order valence-corrected chi connectivity index (χ0v) is 17.0. The molecule has 0 amide bonds. The monoisotopic (exact) mass is 370 g/mol. The molecule has 0 atom stereocenters. The van der Waals surface area contributed by atoms with Crippen LogP contribution in [-0.2, 0) is 12.8 Å². The van der Waals surface area contributed by atoms with E-state index in [1.54, 1.807) is 0 Å². The van der Waals surface area contributed by atoms with Crippen molar-refractivity contribution in [2.24, 2.45) is 9.98 Å². The minimum absolute atomic E-state index is 0.724. The lowest BCUT2D eigenvalue weighted by Crippen LogP contribution is -1.95. The van der Waals surface area contributed by atoms with Gasteiger partial charge in [0.1, 0.15) is 0 Å². The summed E-state index contributed by atoms with van der Waals surface area (Å²) in [6.45, 7) is 8.47. The first-order valence-corrected chi connectivity index (χ1v) is 9.53. The summed E-state index contributed by atoms with van der Waals surface area (Å²) in [6.07, 6.45) is 8.96. The van der Waals surface area contributed by atoms with E-state index in [1.807, 2.05) is 61.2 Å². The highest BCUT2D eigenvalue weighted by Gasteiger charge is 2.13. The van der Waals surface area contributed by atoms with Crippen molar-refractivity contribution in [2.75, 3.05) is 0 Å². The number of hydrogen-bond donors (Lipinski definition) is 0. The molecule has 28 heavy (non-hydrogen) atoms. The number of rotatable bonds is 6.